The Morgan fingerprint density at radius 1 is 2.00 bits per heavy atom. The van der Waals surface area contributed by atoms with Gasteiger partial charge in [-0.1, -0.05) is 0 Å². The van der Waals surface area contributed by atoms with Crippen molar-refractivity contribution in [1.29, 1.82) is 0 Å². The molecule has 0 aliphatic rings. The van der Waals surface area contributed by atoms with E-state index in [1.807, 2.05) is 0 Å². The number of hydrogen-bond acceptors (Lipinski definition) is 1. The first-order valence-corrected chi connectivity index (χ1v) is 4.40. The third kappa shape index (κ3) is 14.8. The van der Waals surface area contributed by atoms with Crippen molar-refractivity contribution < 1.29 is 22.8 Å². The van der Waals surface area contributed by atoms with Gasteiger partial charge in [0.25, 0.3) is 0 Å². The monoisotopic (exact) mass is 168 g/mol. The molecule has 1 atom stereocenters. The van der Waals surface area contributed by atoms with Gasteiger partial charge in [0.05, 0.1) is 0 Å². The van der Waals surface area contributed by atoms with E-state index in [2.05, 4.69) is 18.2 Å². The van der Waals surface area contributed by atoms with Crippen LogP contribution in [0.3, 0.4) is 0 Å². The topological polar surface area (TPSA) is 17.1 Å². The minimum absolute atomic E-state index is 1.02. The van der Waals surface area contributed by atoms with Crippen LogP contribution in [0, 0.1) is 0 Å². The third-order valence-electron chi connectivity index (χ3n) is 0. The zero-order valence-electron chi connectivity index (χ0n) is 2.17. The van der Waals surface area contributed by atoms with Crippen LogP contribution in [0.15, 0.2) is 0 Å². The molecule has 0 spiro atoms. The van der Waals surface area contributed by atoms with Crippen LogP contribution in [0.25, 0.3) is 0 Å². The van der Waals surface area contributed by atoms with Gasteiger partial charge in [0.15, 0.2) is 0 Å². The SMILES string of the molecule is C[P](=O)=[Pd]. The first kappa shape index (κ1) is 4.76. The first-order valence-electron chi connectivity index (χ1n) is 0.771. The second kappa shape index (κ2) is 2.03. The van der Waals surface area contributed by atoms with Crippen molar-refractivity contribution in [2.45, 2.75) is 0 Å². The van der Waals surface area contributed by atoms with Crippen LogP contribution in [0.5, 0.6) is 0 Å². The quantitative estimate of drug-likeness (QED) is 0.388. The van der Waals surface area contributed by atoms with E-state index in [0.29, 0.717) is 0 Å². The van der Waals surface area contributed by atoms with Crippen molar-refractivity contribution in [2.75, 3.05) is 6.66 Å². The molecule has 3 heteroatoms. The summed E-state index contributed by atoms with van der Waals surface area (Å²) < 4.78 is 9.53. The van der Waals surface area contributed by atoms with Crippen molar-refractivity contribution in [2.24, 2.45) is 0 Å². The molecule has 0 aliphatic heterocycles. The molecular formula is CH3OPPd. The van der Waals surface area contributed by atoms with Crippen LogP contribution < -0.4 is 0 Å². The summed E-state index contributed by atoms with van der Waals surface area (Å²) in [4.78, 5) is 0. The van der Waals surface area contributed by atoms with Crippen LogP contribution in [0.4, 0.5) is 0 Å². The van der Waals surface area contributed by atoms with E-state index in [9.17, 15) is 4.57 Å². The van der Waals surface area contributed by atoms with Crippen molar-refractivity contribution in [3.8, 4) is 0 Å². The van der Waals surface area contributed by atoms with Crippen molar-refractivity contribution in [1.82, 2.24) is 0 Å². The third-order valence-corrected chi connectivity index (χ3v) is 0. The zero-order valence-corrected chi connectivity index (χ0v) is 4.62. The van der Waals surface area contributed by atoms with Crippen LogP contribution in [0.2, 0.25) is 0 Å². The molecular weight excluding hydrogens is 165 g/mol. The van der Waals surface area contributed by atoms with Crippen LogP contribution in [-0.2, 0) is 22.8 Å². The van der Waals surface area contributed by atoms with Gasteiger partial charge in [0.1, 0.15) is 0 Å². The summed E-state index contributed by atoms with van der Waals surface area (Å²) in [7, 11) is 0. The minimum atomic E-state index is -1.02. The Bertz CT molecular complexity index is 56.4. The Kier molecular flexibility index (Phi) is 2.41. The second-order valence-corrected chi connectivity index (χ2v) is 4.08. The Morgan fingerprint density at radius 3 is 2.00 bits per heavy atom. The average Bonchev–Trinajstić information content (AvgIpc) is 0.811. The maximum atomic E-state index is 9.53. The fourth-order valence-corrected chi connectivity index (χ4v) is 0. The molecule has 0 aromatic heterocycles. The average molecular weight is 168 g/mol. The summed E-state index contributed by atoms with van der Waals surface area (Å²) in [6.07, 6.45) is 0. The Labute approximate surface area is 35.5 Å². The molecule has 1 nitrogen and oxygen atoms in total. The van der Waals surface area contributed by atoms with Gasteiger partial charge in [-0.25, -0.2) is 0 Å². The molecule has 0 bridgehead atoms. The van der Waals surface area contributed by atoms with Crippen LogP contribution in [0.1, 0.15) is 0 Å². The molecule has 0 aliphatic carbocycles. The van der Waals surface area contributed by atoms with Gasteiger partial charge in [-0.15, -0.1) is 0 Å². The summed E-state index contributed by atoms with van der Waals surface area (Å²) in [6, 6.07) is 0. The molecule has 0 saturated heterocycles. The van der Waals surface area contributed by atoms with E-state index < -0.39 is 5.53 Å². The normalized spacial score (nSPS) is 11.2. The van der Waals surface area contributed by atoms with Crippen molar-refractivity contribution in [3.63, 3.8) is 0 Å². The molecule has 28 valence electrons. The van der Waals surface area contributed by atoms with Gasteiger partial charge in [-0.2, -0.15) is 0 Å². The molecule has 0 rings (SSSR count). The zero-order chi connectivity index (χ0) is 3.58. The maximum absolute atomic E-state index is 9.53. The number of hydrogen-bond donors (Lipinski definition) is 0. The van der Waals surface area contributed by atoms with Crippen molar-refractivity contribution >= 4 is 5.53 Å². The Morgan fingerprint density at radius 2 is 2.00 bits per heavy atom. The molecule has 0 heterocycles. The van der Waals surface area contributed by atoms with E-state index in [4.69, 9.17) is 0 Å². The molecule has 0 fully saturated rings. The molecule has 0 radical (unpaired) electrons. The van der Waals surface area contributed by atoms with E-state index in [1.165, 1.54) is 0 Å². The van der Waals surface area contributed by atoms with Gasteiger partial charge in [-0.05, 0) is 0 Å². The van der Waals surface area contributed by atoms with E-state index in [1.54, 1.807) is 6.66 Å². The van der Waals surface area contributed by atoms with Gasteiger partial charge >= 0.3 is 35.0 Å². The molecule has 4 heavy (non-hydrogen) atoms. The van der Waals surface area contributed by atoms with E-state index in [0.717, 1.165) is 0 Å². The summed E-state index contributed by atoms with van der Waals surface area (Å²) in [5, 5.41) is 0. The second-order valence-electron chi connectivity index (χ2n) is 0.382. The molecule has 0 saturated carbocycles. The molecule has 0 aromatic carbocycles. The van der Waals surface area contributed by atoms with E-state index >= 15 is 0 Å². The van der Waals surface area contributed by atoms with Crippen molar-refractivity contribution in [3.05, 3.63) is 0 Å². The first-order chi connectivity index (χ1) is 1.73. The molecule has 1 unspecified atom stereocenters. The summed E-state index contributed by atoms with van der Waals surface area (Å²) in [5.41, 5.74) is -1.02. The fourth-order valence-electron chi connectivity index (χ4n) is 0. The van der Waals surface area contributed by atoms with Gasteiger partial charge in [0, 0.05) is 0 Å². The van der Waals surface area contributed by atoms with Gasteiger partial charge in [0.2, 0.25) is 0 Å². The summed E-state index contributed by atoms with van der Waals surface area (Å²) in [6.45, 7) is 1.61. The van der Waals surface area contributed by atoms with Crippen LogP contribution in [-0.4, -0.2) is 6.66 Å². The summed E-state index contributed by atoms with van der Waals surface area (Å²) in [5.74, 6) is 0. The standard InChI is InChI=1S/CH3OP.Pd/c1-3-2;/h1H3;. The molecule has 0 aromatic rings. The molecule has 0 N–H and O–H groups in total. The van der Waals surface area contributed by atoms with Gasteiger partial charge in [-0.3, -0.25) is 0 Å². The predicted octanol–water partition coefficient (Wildman–Crippen LogP) is 0.905. The predicted molar refractivity (Wildman–Crippen MR) is 13.5 cm³/mol. The fraction of sp³-hybridized carbons (Fsp3) is 1.00. The molecule has 0 amide bonds. The summed E-state index contributed by atoms with van der Waals surface area (Å²) >= 11 is 2.56. The number of rotatable bonds is 0. The van der Waals surface area contributed by atoms with E-state index in [-0.39, 0.29) is 0 Å². The Balaban J connectivity index is 3.51. The van der Waals surface area contributed by atoms with Gasteiger partial charge < -0.3 is 0 Å². The van der Waals surface area contributed by atoms with Crippen LogP contribution >= 0.6 is 5.53 Å². The Hall–Kier alpha value is 0.762.